The summed E-state index contributed by atoms with van der Waals surface area (Å²) in [5.74, 6) is 0.687. The Hall–Kier alpha value is -3.08. The molecule has 1 amide bonds. The van der Waals surface area contributed by atoms with Gasteiger partial charge < -0.3 is 14.5 Å². The molecule has 0 atom stereocenters. The molecular formula is C26H27NO4. The Kier molecular flexibility index (Phi) is 4.84. The molecule has 160 valence electrons. The van der Waals surface area contributed by atoms with Crippen LogP contribution in [0.5, 0.6) is 5.75 Å². The molecular weight excluding hydrogens is 390 g/mol. The first-order chi connectivity index (χ1) is 15.0. The van der Waals surface area contributed by atoms with Gasteiger partial charge in [-0.2, -0.15) is 0 Å². The van der Waals surface area contributed by atoms with Crippen molar-refractivity contribution in [2.75, 3.05) is 0 Å². The van der Waals surface area contributed by atoms with Crippen molar-refractivity contribution < 1.29 is 18.7 Å². The van der Waals surface area contributed by atoms with Crippen LogP contribution in [0.1, 0.15) is 76.1 Å². The topological polar surface area (TPSA) is 68.5 Å². The zero-order chi connectivity index (χ0) is 21.6. The highest BCUT2D eigenvalue weighted by Crippen LogP contribution is 2.45. The molecule has 5 rings (SSSR count). The number of fused-ring (bicyclic) bond motifs is 3. The number of benzene rings is 2. The molecule has 3 aromatic rings. The monoisotopic (exact) mass is 417 g/mol. The number of ether oxygens (including phenoxy) is 1. The fraction of sp³-hybridized carbons (Fsp3) is 0.385. The lowest BCUT2D eigenvalue weighted by Gasteiger charge is -2.40. The number of carbonyl (C=O) groups is 2. The van der Waals surface area contributed by atoms with Gasteiger partial charge in [0.25, 0.3) is 5.91 Å². The van der Waals surface area contributed by atoms with Crippen molar-refractivity contribution in [3.8, 4) is 5.75 Å². The smallest absolute Gasteiger partial charge is 0.287 e. The second-order valence-electron chi connectivity index (χ2n) is 8.92. The molecule has 0 bridgehead atoms. The minimum absolute atomic E-state index is 0.0875. The first-order valence-corrected chi connectivity index (χ1v) is 11.1. The molecule has 2 aliphatic rings. The number of amides is 1. The van der Waals surface area contributed by atoms with Gasteiger partial charge in [-0.15, -0.1) is 0 Å². The van der Waals surface area contributed by atoms with Gasteiger partial charge in [-0.3, -0.25) is 9.59 Å². The standard InChI is InChI=1S/C26H27NO4/c1-16-8-4-5-9-18(16)15-27-25(29)24-17(2)22-20(30-24)10-11-21-23(22)19(28)14-26(31-21)12-6-3-7-13-26/h4-5,8-11H,3,6-7,12-15H2,1-2H3,(H,27,29). The van der Waals surface area contributed by atoms with Gasteiger partial charge >= 0.3 is 0 Å². The Morgan fingerprint density at radius 1 is 1.06 bits per heavy atom. The van der Waals surface area contributed by atoms with E-state index in [1.54, 1.807) is 0 Å². The van der Waals surface area contributed by atoms with Crippen molar-refractivity contribution >= 4 is 22.7 Å². The van der Waals surface area contributed by atoms with E-state index >= 15 is 0 Å². The minimum atomic E-state index is -0.360. The number of furan rings is 1. The summed E-state index contributed by atoms with van der Waals surface area (Å²) in [5.41, 5.74) is 3.62. The van der Waals surface area contributed by atoms with Gasteiger partial charge in [-0.1, -0.05) is 30.7 Å². The molecule has 1 N–H and O–H groups in total. The van der Waals surface area contributed by atoms with Crippen LogP contribution in [0.15, 0.2) is 40.8 Å². The largest absolute Gasteiger partial charge is 0.486 e. The van der Waals surface area contributed by atoms with E-state index in [0.29, 0.717) is 40.8 Å². The van der Waals surface area contributed by atoms with Crippen molar-refractivity contribution in [2.24, 2.45) is 0 Å². The van der Waals surface area contributed by atoms with E-state index in [4.69, 9.17) is 9.15 Å². The highest BCUT2D eigenvalue weighted by atomic mass is 16.5. The number of aryl methyl sites for hydroxylation is 2. The Balaban J connectivity index is 1.46. The van der Waals surface area contributed by atoms with Gasteiger partial charge in [0.05, 0.1) is 12.0 Å². The second-order valence-corrected chi connectivity index (χ2v) is 8.92. The second kappa shape index (κ2) is 7.56. The van der Waals surface area contributed by atoms with Crippen LogP contribution in [-0.2, 0) is 6.54 Å². The average Bonchev–Trinajstić information content (AvgIpc) is 3.10. The molecule has 0 radical (unpaired) electrons. The number of ketones is 1. The van der Waals surface area contributed by atoms with Crippen molar-refractivity contribution in [1.29, 1.82) is 0 Å². The van der Waals surface area contributed by atoms with Gasteiger partial charge in [0.15, 0.2) is 11.5 Å². The molecule has 1 aromatic heterocycles. The molecule has 5 nitrogen and oxygen atoms in total. The van der Waals surface area contributed by atoms with Crippen molar-refractivity contribution in [3.05, 3.63) is 64.4 Å². The summed E-state index contributed by atoms with van der Waals surface area (Å²) < 4.78 is 12.3. The molecule has 5 heteroatoms. The van der Waals surface area contributed by atoms with Gasteiger partial charge in [0.1, 0.15) is 16.9 Å². The lowest BCUT2D eigenvalue weighted by molar-refractivity contribution is 0.0139. The van der Waals surface area contributed by atoms with Crippen LogP contribution < -0.4 is 10.1 Å². The van der Waals surface area contributed by atoms with Crippen LogP contribution in [0, 0.1) is 13.8 Å². The van der Waals surface area contributed by atoms with E-state index in [1.165, 1.54) is 6.42 Å². The van der Waals surface area contributed by atoms with E-state index in [9.17, 15) is 9.59 Å². The van der Waals surface area contributed by atoms with Gasteiger partial charge in [0, 0.05) is 17.5 Å². The quantitative estimate of drug-likeness (QED) is 0.598. The molecule has 2 heterocycles. The zero-order valence-corrected chi connectivity index (χ0v) is 18.0. The van der Waals surface area contributed by atoms with E-state index in [-0.39, 0.29) is 23.1 Å². The fourth-order valence-corrected chi connectivity index (χ4v) is 5.09. The molecule has 1 fully saturated rings. The summed E-state index contributed by atoms with van der Waals surface area (Å²) >= 11 is 0. The van der Waals surface area contributed by atoms with Gasteiger partial charge in [-0.25, -0.2) is 0 Å². The molecule has 0 saturated heterocycles. The SMILES string of the molecule is Cc1ccccc1CNC(=O)c1oc2ccc3c(c2c1C)C(=O)CC1(CCCCC1)O3. The molecule has 1 saturated carbocycles. The summed E-state index contributed by atoms with van der Waals surface area (Å²) in [4.78, 5) is 26.1. The number of hydrogen-bond acceptors (Lipinski definition) is 4. The number of nitrogens with one attached hydrogen (secondary N) is 1. The van der Waals surface area contributed by atoms with Crippen molar-refractivity contribution in [3.63, 3.8) is 0 Å². The van der Waals surface area contributed by atoms with Crippen LogP contribution in [0.25, 0.3) is 11.0 Å². The van der Waals surface area contributed by atoms with Crippen molar-refractivity contribution in [2.45, 2.75) is 64.5 Å². The maximum absolute atomic E-state index is 13.2. The molecule has 1 aliphatic carbocycles. The normalized spacial score (nSPS) is 17.4. The third kappa shape index (κ3) is 3.42. The van der Waals surface area contributed by atoms with Crippen LogP contribution in [0.4, 0.5) is 0 Å². The van der Waals surface area contributed by atoms with E-state index in [1.807, 2.05) is 50.2 Å². The zero-order valence-electron chi connectivity index (χ0n) is 18.0. The fourth-order valence-electron chi connectivity index (χ4n) is 5.09. The molecule has 1 spiro atoms. The minimum Gasteiger partial charge on any atom is -0.486 e. The molecule has 0 unspecified atom stereocenters. The lowest BCUT2D eigenvalue weighted by Crippen LogP contribution is -2.43. The van der Waals surface area contributed by atoms with E-state index < -0.39 is 0 Å². The number of Topliss-reactive ketones (excluding diaryl/α,β-unsaturated/α-hetero) is 1. The summed E-state index contributed by atoms with van der Waals surface area (Å²) in [5, 5.41) is 3.65. The average molecular weight is 418 g/mol. The van der Waals surface area contributed by atoms with Crippen molar-refractivity contribution in [1.82, 2.24) is 5.32 Å². The Morgan fingerprint density at radius 3 is 2.61 bits per heavy atom. The highest BCUT2D eigenvalue weighted by Gasteiger charge is 2.42. The molecule has 2 aromatic carbocycles. The number of rotatable bonds is 3. The highest BCUT2D eigenvalue weighted by molar-refractivity contribution is 6.13. The first kappa shape index (κ1) is 19.9. The van der Waals surface area contributed by atoms with Crippen LogP contribution >= 0.6 is 0 Å². The van der Waals surface area contributed by atoms with Gasteiger partial charge in [-0.05, 0) is 62.8 Å². The Morgan fingerprint density at radius 2 is 1.84 bits per heavy atom. The Bertz CT molecular complexity index is 1180. The maximum atomic E-state index is 13.2. The van der Waals surface area contributed by atoms with E-state index in [2.05, 4.69) is 5.32 Å². The number of carbonyl (C=O) groups excluding carboxylic acids is 2. The Labute approximate surface area is 181 Å². The summed E-state index contributed by atoms with van der Waals surface area (Å²) in [6.07, 6.45) is 5.65. The number of hydrogen-bond donors (Lipinski definition) is 1. The third-order valence-corrected chi connectivity index (χ3v) is 6.82. The van der Waals surface area contributed by atoms with Crippen LogP contribution in [0.2, 0.25) is 0 Å². The predicted molar refractivity (Wildman–Crippen MR) is 119 cm³/mol. The van der Waals surface area contributed by atoms with E-state index in [0.717, 1.165) is 36.8 Å². The summed E-state index contributed by atoms with van der Waals surface area (Å²) in [6.45, 7) is 4.28. The van der Waals surface area contributed by atoms with Gasteiger partial charge in [0.2, 0.25) is 0 Å². The lowest BCUT2D eigenvalue weighted by atomic mass is 9.78. The molecule has 31 heavy (non-hydrogen) atoms. The summed E-state index contributed by atoms with van der Waals surface area (Å²) in [7, 11) is 0. The summed E-state index contributed by atoms with van der Waals surface area (Å²) in [6, 6.07) is 11.6. The molecule has 1 aliphatic heterocycles. The maximum Gasteiger partial charge on any atom is 0.287 e. The third-order valence-electron chi connectivity index (χ3n) is 6.82. The van der Waals surface area contributed by atoms with Crippen LogP contribution in [0.3, 0.4) is 0 Å². The van der Waals surface area contributed by atoms with Crippen LogP contribution in [-0.4, -0.2) is 17.3 Å². The predicted octanol–water partition coefficient (Wildman–Crippen LogP) is 5.65. The first-order valence-electron chi connectivity index (χ1n) is 11.1.